The zero-order chi connectivity index (χ0) is 14.5. The van der Waals surface area contributed by atoms with E-state index in [1.54, 1.807) is 12.3 Å². The lowest BCUT2D eigenvalue weighted by molar-refractivity contribution is 0.343. The molecule has 0 amide bonds. The van der Waals surface area contributed by atoms with Crippen LogP contribution in [0.3, 0.4) is 0 Å². The van der Waals surface area contributed by atoms with Gasteiger partial charge < -0.3 is 10.4 Å². The number of fused-ring (bicyclic) bond motifs is 1. The fraction of sp³-hybridized carbons (Fsp3) is 0.0588. The van der Waals surface area contributed by atoms with Crippen LogP contribution in [0.1, 0.15) is 5.56 Å². The molecule has 3 aromatic rings. The normalized spacial score (nSPS) is 11.1. The van der Waals surface area contributed by atoms with Gasteiger partial charge in [-0.2, -0.15) is 0 Å². The van der Waals surface area contributed by atoms with Gasteiger partial charge in [-0.1, -0.05) is 36.4 Å². The van der Waals surface area contributed by atoms with E-state index in [-0.39, 0.29) is 6.61 Å². The van der Waals surface area contributed by atoms with Gasteiger partial charge in [0.05, 0.1) is 23.8 Å². The van der Waals surface area contributed by atoms with Crippen molar-refractivity contribution in [3.8, 4) is 0 Å². The summed E-state index contributed by atoms with van der Waals surface area (Å²) in [7, 11) is 0. The van der Waals surface area contributed by atoms with Gasteiger partial charge in [-0.25, -0.2) is 4.98 Å². The fourth-order valence-corrected chi connectivity index (χ4v) is 2.07. The van der Waals surface area contributed by atoms with Gasteiger partial charge in [0.25, 0.3) is 0 Å². The Kier molecular flexibility index (Phi) is 3.89. The lowest BCUT2D eigenvalue weighted by atomic mass is 10.2. The molecule has 0 spiro atoms. The third-order valence-electron chi connectivity index (χ3n) is 3.02. The van der Waals surface area contributed by atoms with Gasteiger partial charge >= 0.3 is 0 Å². The van der Waals surface area contributed by atoms with Crippen molar-refractivity contribution in [2.45, 2.75) is 0 Å². The molecule has 0 aliphatic carbocycles. The molecule has 0 atom stereocenters. The van der Waals surface area contributed by atoms with E-state index in [0.29, 0.717) is 5.82 Å². The summed E-state index contributed by atoms with van der Waals surface area (Å²) in [5, 5.41) is 12.1. The maximum Gasteiger partial charge on any atom is 0.149 e. The van der Waals surface area contributed by atoms with Gasteiger partial charge in [0.1, 0.15) is 5.82 Å². The number of aliphatic hydroxyl groups excluding tert-OH is 1. The molecule has 1 aromatic heterocycles. The molecular weight excluding hydrogens is 262 g/mol. The quantitative estimate of drug-likeness (QED) is 0.767. The number of benzene rings is 2. The highest BCUT2D eigenvalue weighted by atomic mass is 16.2. The van der Waals surface area contributed by atoms with Crippen LogP contribution in [0.25, 0.3) is 17.1 Å². The van der Waals surface area contributed by atoms with E-state index in [1.165, 1.54) is 0 Å². The number of para-hydroxylation sites is 2. The predicted octanol–water partition coefficient (Wildman–Crippen LogP) is 3.38. The minimum Gasteiger partial charge on any atom is -0.392 e. The maximum atomic E-state index is 8.81. The summed E-state index contributed by atoms with van der Waals surface area (Å²) in [6.07, 6.45) is 5.30. The van der Waals surface area contributed by atoms with E-state index < -0.39 is 0 Å². The van der Waals surface area contributed by atoms with Gasteiger partial charge in [0, 0.05) is 5.69 Å². The second-order valence-corrected chi connectivity index (χ2v) is 4.58. The van der Waals surface area contributed by atoms with Crippen LogP contribution in [-0.4, -0.2) is 21.7 Å². The minimum absolute atomic E-state index is 0.0355. The van der Waals surface area contributed by atoms with Crippen LogP contribution in [-0.2, 0) is 0 Å². The third-order valence-corrected chi connectivity index (χ3v) is 3.02. The van der Waals surface area contributed by atoms with E-state index in [9.17, 15) is 0 Å². The summed E-state index contributed by atoms with van der Waals surface area (Å²) in [5.74, 6) is 0.706. The topological polar surface area (TPSA) is 58.0 Å². The first-order valence-electron chi connectivity index (χ1n) is 6.71. The van der Waals surface area contributed by atoms with Crippen LogP contribution in [0.5, 0.6) is 0 Å². The molecule has 0 aliphatic rings. The van der Waals surface area contributed by atoms with Crippen LogP contribution < -0.4 is 5.32 Å². The average Bonchev–Trinajstić information content (AvgIpc) is 2.53. The van der Waals surface area contributed by atoms with Crippen LogP contribution >= 0.6 is 0 Å². The summed E-state index contributed by atoms with van der Waals surface area (Å²) in [6.45, 7) is 0.0355. The molecule has 1 heterocycles. The molecule has 0 saturated carbocycles. The number of nitrogens with zero attached hydrogens (tertiary/aromatic N) is 2. The molecule has 104 valence electrons. The molecule has 0 unspecified atom stereocenters. The largest absolute Gasteiger partial charge is 0.392 e. The Labute approximate surface area is 122 Å². The third kappa shape index (κ3) is 3.24. The molecule has 0 bridgehead atoms. The van der Waals surface area contributed by atoms with Crippen molar-refractivity contribution in [3.63, 3.8) is 0 Å². The number of rotatable bonds is 4. The Hall–Kier alpha value is -2.72. The van der Waals surface area contributed by atoms with Crippen molar-refractivity contribution < 1.29 is 5.11 Å². The number of anilines is 2. The summed E-state index contributed by atoms with van der Waals surface area (Å²) in [6, 6.07) is 15.6. The summed E-state index contributed by atoms with van der Waals surface area (Å²) in [4.78, 5) is 8.91. The highest BCUT2D eigenvalue weighted by molar-refractivity contribution is 5.76. The van der Waals surface area contributed by atoms with E-state index >= 15 is 0 Å². The highest BCUT2D eigenvalue weighted by Gasteiger charge is 2.00. The molecule has 4 nitrogen and oxygen atoms in total. The monoisotopic (exact) mass is 277 g/mol. The first-order chi connectivity index (χ1) is 10.3. The van der Waals surface area contributed by atoms with Crippen LogP contribution in [0.2, 0.25) is 0 Å². The lowest BCUT2D eigenvalue weighted by Gasteiger charge is -2.07. The first kappa shape index (κ1) is 13.3. The van der Waals surface area contributed by atoms with E-state index in [2.05, 4.69) is 15.3 Å². The van der Waals surface area contributed by atoms with Crippen LogP contribution in [0, 0.1) is 0 Å². The van der Waals surface area contributed by atoms with Crippen LogP contribution in [0.15, 0.2) is 60.8 Å². The molecule has 0 aliphatic heterocycles. The Morgan fingerprint density at radius 2 is 1.90 bits per heavy atom. The van der Waals surface area contributed by atoms with Gasteiger partial charge in [-0.3, -0.25) is 4.98 Å². The summed E-state index contributed by atoms with van der Waals surface area (Å²) >= 11 is 0. The van der Waals surface area contributed by atoms with Gasteiger partial charge in [0.15, 0.2) is 0 Å². The molecule has 21 heavy (non-hydrogen) atoms. The zero-order valence-corrected chi connectivity index (χ0v) is 11.4. The number of aromatic nitrogens is 2. The van der Waals surface area contributed by atoms with Crippen molar-refractivity contribution in [1.82, 2.24) is 9.97 Å². The second-order valence-electron chi connectivity index (χ2n) is 4.58. The SMILES string of the molecule is OCC=Cc1cccc(Nc2cnc3ccccc3n2)c1. The molecular formula is C17H15N3O. The average molecular weight is 277 g/mol. The number of hydrogen-bond acceptors (Lipinski definition) is 4. The standard InChI is InChI=1S/C17H15N3O/c21-10-4-6-13-5-3-7-14(11-13)19-17-12-18-15-8-1-2-9-16(15)20-17/h1-9,11-12,21H,10H2,(H,19,20). The zero-order valence-electron chi connectivity index (χ0n) is 11.4. The molecule has 4 heteroatoms. The fourth-order valence-electron chi connectivity index (χ4n) is 2.07. The van der Waals surface area contributed by atoms with Crippen molar-refractivity contribution in [3.05, 3.63) is 66.4 Å². The van der Waals surface area contributed by atoms with Gasteiger partial charge in [0.2, 0.25) is 0 Å². The van der Waals surface area contributed by atoms with Crippen molar-refractivity contribution in [1.29, 1.82) is 0 Å². The van der Waals surface area contributed by atoms with Crippen molar-refractivity contribution >= 4 is 28.6 Å². The Balaban J connectivity index is 1.86. The van der Waals surface area contributed by atoms with Crippen molar-refractivity contribution in [2.24, 2.45) is 0 Å². The van der Waals surface area contributed by atoms with Gasteiger partial charge in [-0.05, 0) is 29.8 Å². The smallest absolute Gasteiger partial charge is 0.149 e. The highest BCUT2D eigenvalue weighted by Crippen LogP contribution is 2.18. The Morgan fingerprint density at radius 3 is 2.76 bits per heavy atom. The number of aliphatic hydroxyl groups is 1. The summed E-state index contributed by atoms with van der Waals surface area (Å²) in [5.41, 5.74) is 3.68. The van der Waals surface area contributed by atoms with E-state index in [4.69, 9.17) is 5.11 Å². The van der Waals surface area contributed by atoms with E-state index in [1.807, 2.05) is 54.6 Å². The summed E-state index contributed by atoms with van der Waals surface area (Å²) < 4.78 is 0. The molecule has 0 radical (unpaired) electrons. The molecule has 0 saturated heterocycles. The van der Waals surface area contributed by atoms with Crippen LogP contribution in [0.4, 0.5) is 11.5 Å². The molecule has 2 aromatic carbocycles. The van der Waals surface area contributed by atoms with E-state index in [0.717, 1.165) is 22.3 Å². The Morgan fingerprint density at radius 1 is 1.05 bits per heavy atom. The van der Waals surface area contributed by atoms with Gasteiger partial charge in [-0.15, -0.1) is 0 Å². The number of hydrogen-bond donors (Lipinski definition) is 2. The Bertz CT molecular complexity index is 784. The lowest BCUT2D eigenvalue weighted by Crippen LogP contribution is -1.95. The molecule has 0 fully saturated rings. The molecule has 2 N–H and O–H groups in total. The maximum absolute atomic E-state index is 8.81. The molecule has 3 rings (SSSR count). The minimum atomic E-state index is 0.0355. The predicted molar refractivity (Wildman–Crippen MR) is 85.4 cm³/mol. The second kappa shape index (κ2) is 6.15. The van der Waals surface area contributed by atoms with Crippen molar-refractivity contribution in [2.75, 3.05) is 11.9 Å². The first-order valence-corrected chi connectivity index (χ1v) is 6.71. The number of nitrogens with one attached hydrogen (secondary N) is 1.